The Bertz CT molecular complexity index is 938. The molecule has 1 N–H and O–H groups in total. The number of aromatic nitrogens is 3. The Morgan fingerprint density at radius 1 is 1.16 bits per heavy atom. The molecule has 5 heteroatoms. The molecular formula is C20H20N4O. The Balaban J connectivity index is 1.24. The Hall–Kier alpha value is -2.69. The van der Waals surface area contributed by atoms with Crippen molar-refractivity contribution in [1.82, 2.24) is 14.5 Å². The summed E-state index contributed by atoms with van der Waals surface area (Å²) in [7, 11) is 0. The number of imidazole rings is 1. The monoisotopic (exact) mass is 332 g/mol. The highest BCUT2D eigenvalue weighted by Gasteiger charge is 2.46. The van der Waals surface area contributed by atoms with Gasteiger partial charge in [-0.3, -0.25) is 9.78 Å². The second-order valence-electron chi connectivity index (χ2n) is 7.34. The Morgan fingerprint density at radius 3 is 2.92 bits per heavy atom. The summed E-state index contributed by atoms with van der Waals surface area (Å²) in [5, 5.41) is 3.97. The van der Waals surface area contributed by atoms with E-state index in [0.717, 1.165) is 28.3 Å². The molecule has 0 radical (unpaired) electrons. The van der Waals surface area contributed by atoms with Crippen LogP contribution in [-0.4, -0.2) is 20.4 Å². The molecule has 5 rings (SSSR count). The van der Waals surface area contributed by atoms with Gasteiger partial charge in [-0.1, -0.05) is 12.1 Å². The lowest BCUT2D eigenvalue weighted by Gasteiger charge is -2.12. The summed E-state index contributed by atoms with van der Waals surface area (Å²) in [5.74, 6) is 2.48. The first-order chi connectivity index (χ1) is 12.2. The predicted octanol–water partition coefficient (Wildman–Crippen LogP) is 3.58. The van der Waals surface area contributed by atoms with Crippen molar-refractivity contribution in [3.8, 4) is 0 Å². The topological polar surface area (TPSA) is 59.8 Å². The lowest BCUT2D eigenvalue weighted by atomic mass is 10.1. The van der Waals surface area contributed by atoms with E-state index in [1.54, 1.807) is 6.20 Å². The van der Waals surface area contributed by atoms with Gasteiger partial charge in [-0.05, 0) is 54.9 Å². The Labute approximate surface area is 146 Å². The third-order valence-corrected chi connectivity index (χ3v) is 5.54. The highest BCUT2D eigenvalue weighted by molar-refractivity contribution is 5.92. The van der Waals surface area contributed by atoms with E-state index in [1.807, 2.05) is 42.9 Å². The number of carbonyl (C=O) groups excluding carboxylic acids is 1. The highest BCUT2D eigenvalue weighted by atomic mass is 16.1. The molecule has 25 heavy (non-hydrogen) atoms. The SMILES string of the molecule is O=C(Cc1ccc2ncccc2c1)Nc1cn(C2C[C@@H]3C[C@@H]3C2)cn1. The van der Waals surface area contributed by atoms with Crippen LogP contribution in [0, 0.1) is 11.8 Å². The number of carbonyl (C=O) groups is 1. The zero-order valence-electron chi connectivity index (χ0n) is 13.9. The molecule has 5 nitrogen and oxygen atoms in total. The first-order valence-electron chi connectivity index (χ1n) is 8.91. The number of fused-ring (bicyclic) bond motifs is 2. The molecule has 0 bridgehead atoms. The van der Waals surface area contributed by atoms with Crippen LogP contribution in [0.25, 0.3) is 10.9 Å². The predicted molar refractivity (Wildman–Crippen MR) is 96.2 cm³/mol. The van der Waals surface area contributed by atoms with Crippen molar-refractivity contribution in [2.75, 3.05) is 5.32 Å². The summed E-state index contributed by atoms with van der Waals surface area (Å²) in [6, 6.07) is 10.4. The molecule has 3 aromatic rings. The molecule has 126 valence electrons. The lowest BCUT2D eigenvalue weighted by molar-refractivity contribution is -0.115. The first-order valence-corrected chi connectivity index (χ1v) is 8.91. The van der Waals surface area contributed by atoms with Gasteiger partial charge in [-0.2, -0.15) is 0 Å². The van der Waals surface area contributed by atoms with Gasteiger partial charge in [0, 0.05) is 23.8 Å². The zero-order valence-corrected chi connectivity index (χ0v) is 13.9. The van der Waals surface area contributed by atoms with Gasteiger partial charge in [0.25, 0.3) is 0 Å². The molecule has 2 aliphatic rings. The van der Waals surface area contributed by atoms with Crippen LogP contribution in [0.15, 0.2) is 49.1 Å². The van der Waals surface area contributed by atoms with Crippen LogP contribution in [0.5, 0.6) is 0 Å². The van der Waals surface area contributed by atoms with Crippen LogP contribution in [0.1, 0.15) is 30.9 Å². The average molecular weight is 332 g/mol. The highest BCUT2D eigenvalue weighted by Crippen LogP contribution is 2.55. The quantitative estimate of drug-likeness (QED) is 0.794. The minimum Gasteiger partial charge on any atom is -0.332 e. The van der Waals surface area contributed by atoms with Crippen molar-refractivity contribution in [3.63, 3.8) is 0 Å². The minimum atomic E-state index is -0.0391. The van der Waals surface area contributed by atoms with Crippen LogP contribution in [0.4, 0.5) is 5.82 Å². The van der Waals surface area contributed by atoms with Gasteiger partial charge in [0.05, 0.1) is 18.3 Å². The third kappa shape index (κ3) is 2.90. The van der Waals surface area contributed by atoms with Crippen LogP contribution in [0.2, 0.25) is 0 Å². The van der Waals surface area contributed by atoms with E-state index in [-0.39, 0.29) is 5.91 Å². The Morgan fingerprint density at radius 2 is 2.04 bits per heavy atom. The number of anilines is 1. The van der Waals surface area contributed by atoms with E-state index >= 15 is 0 Å². The van der Waals surface area contributed by atoms with Gasteiger partial charge in [0.15, 0.2) is 5.82 Å². The molecule has 2 fully saturated rings. The van der Waals surface area contributed by atoms with E-state index in [1.165, 1.54) is 19.3 Å². The fourth-order valence-corrected chi connectivity index (χ4v) is 4.13. The summed E-state index contributed by atoms with van der Waals surface area (Å²) < 4.78 is 2.17. The number of nitrogens with one attached hydrogen (secondary N) is 1. The summed E-state index contributed by atoms with van der Waals surface area (Å²) in [4.78, 5) is 21.0. The number of pyridine rings is 1. The van der Waals surface area contributed by atoms with Crippen LogP contribution in [-0.2, 0) is 11.2 Å². The minimum absolute atomic E-state index is 0.0391. The first kappa shape index (κ1) is 14.6. The molecule has 2 saturated carbocycles. The van der Waals surface area contributed by atoms with E-state index in [9.17, 15) is 4.79 Å². The normalized spacial score (nSPS) is 24.2. The van der Waals surface area contributed by atoms with Crippen molar-refractivity contribution >= 4 is 22.6 Å². The molecule has 1 unspecified atom stereocenters. The molecule has 1 aromatic carbocycles. The molecule has 0 spiro atoms. The lowest BCUT2D eigenvalue weighted by Crippen LogP contribution is -2.14. The molecular weight excluding hydrogens is 312 g/mol. The molecule has 2 aliphatic carbocycles. The van der Waals surface area contributed by atoms with Gasteiger partial charge in [0.1, 0.15) is 0 Å². The number of nitrogens with zero attached hydrogens (tertiary/aromatic N) is 3. The largest absolute Gasteiger partial charge is 0.332 e. The summed E-state index contributed by atoms with van der Waals surface area (Å²) in [5.41, 5.74) is 1.92. The van der Waals surface area contributed by atoms with Crippen LogP contribution >= 0.6 is 0 Å². The Kier molecular flexibility index (Phi) is 3.33. The molecule has 1 amide bonds. The van der Waals surface area contributed by atoms with Gasteiger partial charge >= 0.3 is 0 Å². The maximum Gasteiger partial charge on any atom is 0.229 e. The average Bonchev–Trinajstić information content (AvgIpc) is 3.02. The second-order valence-corrected chi connectivity index (χ2v) is 7.34. The molecule has 3 atom stereocenters. The van der Waals surface area contributed by atoms with Crippen molar-refractivity contribution in [2.45, 2.75) is 31.7 Å². The summed E-state index contributed by atoms with van der Waals surface area (Å²) in [6.45, 7) is 0. The van der Waals surface area contributed by atoms with E-state index in [4.69, 9.17) is 0 Å². The van der Waals surface area contributed by atoms with Crippen molar-refractivity contribution in [3.05, 3.63) is 54.6 Å². The number of amides is 1. The molecule has 2 aromatic heterocycles. The second kappa shape index (κ2) is 5.69. The van der Waals surface area contributed by atoms with Crippen LogP contribution < -0.4 is 5.32 Å². The van der Waals surface area contributed by atoms with Crippen molar-refractivity contribution in [2.24, 2.45) is 11.8 Å². The molecule has 2 heterocycles. The van der Waals surface area contributed by atoms with E-state index in [0.29, 0.717) is 18.3 Å². The smallest absolute Gasteiger partial charge is 0.229 e. The maximum atomic E-state index is 12.3. The number of hydrogen-bond acceptors (Lipinski definition) is 3. The van der Waals surface area contributed by atoms with Crippen molar-refractivity contribution < 1.29 is 4.79 Å². The zero-order chi connectivity index (χ0) is 16.8. The molecule has 0 aliphatic heterocycles. The summed E-state index contributed by atoms with van der Waals surface area (Å²) >= 11 is 0. The number of benzene rings is 1. The fraction of sp³-hybridized carbons (Fsp3) is 0.350. The molecule has 0 saturated heterocycles. The van der Waals surface area contributed by atoms with Gasteiger partial charge in [-0.25, -0.2) is 4.98 Å². The maximum absolute atomic E-state index is 12.3. The van der Waals surface area contributed by atoms with Gasteiger partial charge in [0.2, 0.25) is 5.91 Å². The fourth-order valence-electron chi connectivity index (χ4n) is 4.13. The number of rotatable bonds is 4. The number of hydrogen-bond donors (Lipinski definition) is 1. The standard InChI is InChI=1S/C20H20N4O/c25-20(7-13-3-4-18-14(6-13)2-1-5-21-18)23-19-11-24(12-22-19)17-9-15-8-16(15)10-17/h1-6,11-12,15-17H,7-10H2,(H,23,25)/t15-,16+,17?. The van der Waals surface area contributed by atoms with Crippen molar-refractivity contribution in [1.29, 1.82) is 0 Å². The van der Waals surface area contributed by atoms with Crippen LogP contribution in [0.3, 0.4) is 0 Å². The third-order valence-electron chi connectivity index (χ3n) is 5.54. The van der Waals surface area contributed by atoms with E-state index < -0.39 is 0 Å². The van der Waals surface area contributed by atoms with E-state index in [2.05, 4.69) is 19.9 Å². The summed E-state index contributed by atoms with van der Waals surface area (Å²) in [6.07, 6.45) is 9.88. The van der Waals surface area contributed by atoms with Gasteiger partial charge < -0.3 is 9.88 Å². The van der Waals surface area contributed by atoms with Gasteiger partial charge in [-0.15, -0.1) is 0 Å².